The van der Waals surface area contributed by atoms with Crippen LogP contribution in [0.1, 0.15) is 22.3 Å². The first-order valence-corrected chi connectivity index (χ1v) is 28.0. The van der Waals surface area contributed by atoms with Gasteiger partial charge in [0.05, 0.1) is 27.5 Å². The van der Waals surface area contributed by atoms with Gasteiger partial charge in [0.1, 0.15) is 0 Å². The Balaban J connectivity index is 0.907. The summed E-state index contributed by atoms with van der Waals surface area (Å²) in [5, 5.41) is 10.1. The summed E-state index contributed by atoms with van der Waals surface area (Å²) in [5.74, 6) is 0. The van der Waals surface area contributed by atoms with Gasteiger partial charge in [0.15, 0.2) is 0 Å². The molecule has 16 aromatic rings. The van der Waals surface area contributed by atoms with E-state index in [-0.39, 0.29) is 0 Å². The molecule has 0 N–H and O–H groups in total. The summed E-state index contributed by atoms with van der Waals surface area (Å²) in [6, 6.07) is 113. The highest BCUT2D eigenvalue weighted by Gasteiger charge is 2.47. The molecule has 81 heavy (non-hydrogen) atoms. The summed E-state index contributed by atoms with van der Waals surface area (Å²) in [4.78, 5) is 4.93. The molecule has 17 rings (SSSR count). The molecule has 378 valence electrons. The van der Waals surface area contributed by atoms with Crippen molar-refractivity contribution in [3.8, 4) is 22.5 Å². The lowest BCUT2D eigenvalue weighted by Gasteiger charge is -2.35. The number of hydrogen-bond donors (Lipinski definition) is 0. The van der Waals surface area contributed by atoms with Crippen molar-refractivity contribution in [3.05, 3.63) is 326 Å². The maximum Gasteiger partial charge on any atom is 0.0715 e. The molecule has 0 radical (unpaired) electrons. The average molecular weight is 1030 g/mol. The van der Waals surface area contributed by atoms with Crippen LogP contribution in [-0.2, 0) is 5.41 Å². The Labute approximate surface area is 469 Å². The van der Waals surface area contributed by atoms with Gasteiger partial charge >= 0.3 is 0 Å². The van der Waals surface area contributed by atoms with Crippen LogP contribution >= 0.6 is 0 Å². The number of rotatable bonds is 10. The first-order valence-electron chi connectivity index (χ1n) is 28.0. The molecule has 2 aromatic heterocycles. The molecule has 0 saturated heterocycles. The van der Waals surface area contributed by atoms with E-state index in [1.54, 1.807) is 0 Å². The minimum absolute atomic E-state index is 0.715. The molecule has 0 aliphatic heterocycles. The highest BCUT2D eigenvalue weighted by molar-refractivity contribution is 6.26. The van der Waals surface area contributed by atoms with Gasteiger partial charge in [0.2, 0.25) is 0 Å². The Morgan fingerprint density at radius 2 is 0.593 bits per heavy atom. The largest absolute Gasteiger partial charge is 0.310 e. The molecule has 0 saturated carbocycles. The minimum Gasteiger partial charge on any atom is -0.310 e. The third kappa shape index (κ3) is 6.65. The second-order valence-electron chi connectivity index (χ2n) is 21.6. The molecule has 1 aliphatic rings. The summed E-state index contributed by atoms with van der Waals surface area (Å²) in [5.41, 5.74) is 20.2. The molecule has 4 heteroatoms. The van der Waals surface area contributed by atoms with Gasteiger partial charge in [0, 0.05) is 67.0 Å². The molecule has 0 bridgehead atoms. The molecule has 0 atom stereocenters. The van der Waals surface area contributed by atoms with E-state index in [2.05, 4.69) is 322 Å². The van der Waals surface area contributed by atoms with Crippen LogP contribution in [0, 0.1) is 0 Å². The van der Waals surface area contributed by atoms with Gasteiger partial charge in [-0.25, -0.2) is 0 Å². The summed E-state index contributed by atoms with van der Waals surface area (Å²) in [7, 11) is 0. The third-order valence-electron chi connectivity index (χ3n) is 17.4. The Morgan fingerprint density at radius 1 is 0.235 bits per heavy atom. The zero-order valence-electron chi connectivity index (χ0n) is 44.2. The van der Waals surface area contributed by atoms with E-state index in [0.29, 0.717) is 0 Å². The van der Waals surface area contributed by atoms with E-state index >= 15 is 0 Å². The summed E-state index contributed by atoms with van der Waals surface area (Å²) in [6.07, 6.45) is 0. The zero-order valence-corrected chi connectivity index (χ0v) is 44.2. The lowest BCUT2D eigenvalue weighted by molar-refractivity contribution is 0.768. The van der Waals surface area contributed by atoms with Crippen LogP contribution in [0.3, 0.4) is 0 Å². The van der Waals surface area contributed by atoms with E-state index in [9.17, 15) is 0 Å². The predicted octanol–water partition coefficient (Wildman–Crippen LogP) is 20.4. The first-order chi connectivity index (χ1) is 40.2. The standard InChI is InChI=1S/C77H50N4/c1-7-23-55(24-8-1)77(56-25-9-2-10-26-56)67-47-61(78(57-27-11-3-12-28-57)63-45-53-39-37-51-21-19-35-69-73(51)75(53)71(49-63)80(69)59-31-15-5-16-32-59)41-43-65(67)66-44-42-62(48-68(66)77)79(58-29-13-4-14-30-58)64-46-54-40-38-52-22-20-36-70-74(52)76(54)72(50-64)81(70)60-33-17-6-18-34-60/h1-50H. The van der Waals surface area contributed by atoms with Crippen molar-refractivity contribution in [1.82, 2.24) is 9.13 Å². The van der Waals surface area contributed by atoms with Crippen molar-refractivity contribution >= 4 is 99.3 Å². The molecule has 4 nitrogen and oxygen atoms in total. The van der Waals surface area contributed by atoms with Crippen LogP contribution in [-0.4, -0.2) is 9.13 Å². The van der Waals surface area contributed by atoms with Crippen molar-refractivity contribution in [3.63, 3.8) is 0 Å². The Morgan fingerprint density at radius 3 is 1.00 bits per heavy atom. The number of nitrogens with zero attached hydrogens (tertiary/aromatic N) is 4. The van der Waals surface area contributed by atoms with Crippen LogP contribution < -0.4 is 9.80 Å². The molecule has 1 aliphatic carbocycles. The van der Waals surface area contributed by atoms with Crippen LogP contribution in [0.5, 0.6) is 0 Å². The van der Waals surface area contributed by atoms with Gasteiger partial charge < -0.3 is 18.9 Å². The maximum absolute atomic E-state index is 2.50. The van der Waals surface area contributed by atoms with Crippen molar-refractivity contribution in [2.24, 2.45) is 0 Å². The van der Waals surface area contributed by atoms with Crippen LogP contribution in [0.2, 0.25) is 0 Å². The van der Waals surface area contributed by atoms with Crippen LogP contribution in [0.15, 0.2) is 303 Å². The van der Waals surface area contributed by atoms with Gasteiger partial charge in [-0.2, -0.15) is 0 Å². The average Bonchev–Trinajstić information content (AvgIpc) is 4.33. The normalized spacial score (nSPS) is 12.8. The maximum atomic E-state index is 2.50. The topological polar surface area (TPSA) is 16.3 Å². The Bertz CT molecular complexity index is 4710. The summed E-state index contributed by atoms with van der Waals surface area (Å²) >= 11 is 0. The van der Waals surface area contributed by atoms with Crippen LogP contribution in [0.25, 0.3) is 87.7 Å². The van der Waals surface area contributed by atoms with E-state index in [4.69, 9.17) is 0 Å². The fourth-order valence-electron chi connectivity index (χ4n) is 14.1. The molecular weight excluding hydrogens is 981 g/mol. The molecule has 14 aromatic carbocycles. The monoisotopic (exact) mass is 1030 g/mol. The van der Waals surface area contributed by atoms with E-state index in [1.165, 1.54) is 98.5 Å². The molecule has 2 heterocycles. The van der Waals surface area contributed by atoms with Crippen molar-refractivity contribution in [2.75, 3.05) is 9.80 Å². The van der Waals surface area contributed by atoms with Crippen molar-refractivity contribution < 1.29 is 0 Å². The molecule has 0 unspecified atom stereocenters. The molecule has 0 fully saturated rings. The van der Waals surface area contributed by atoms with Gasteiger partial charge in [-0.3, -0.25) is 0 Å². The van der Waals surface area contributed by atoms with Gasteiger partial charge in [-0.15, -0.1) is 0 Å². The van der Waals surface area contributed by atoms with E-state index < -0.39 is 5.41 Å². The highest BCUT2D eigenvalue weighted by atomic mass is 15.2. The number of para-hydroxylation sites is 4. The lowest BCUT2D eigenvalue weighted by atomic mass is 9.67. The van der Waals surface area contributed by atoms with Gasteiger partial charge in [-0.1, -0.05) is 194 Å². The second-order valence-corrected chi connectivity index (χ2v) is 21.6. The van der Waals surface area contributed by atoms with Gasteiger partial charge in [-0.05, 0) is 164 Å². The first kappa shape index (κ1) is 45.3. The van der Waals surface area contributed by atoms with Crippen molar-refractivity contribution in [2.45, 2.75) is 5.41 Å². The Kier molecular flexibility index (Phi) is 9.89. The second kappa shape index (κ2) is 17.7. The smallest absolute Gasteiger partial charge is 0.0715 e. The molecular formula is C77H50N4. The number of anilines is 6. The quantitative estimate of drug-likeness (QED) is 0.127. The number of benzene rings is 14. The number of fused-ring (bicyclic) bond motifs is 3. The summed E-state index contributed by atoms with van der Waals surface area (Å²) < 4.78 is 4.90. The fraction of sp³-hybridized carbons (Fsp3) is 0.0130. The Hall–Kier alpha value is -10.7. The third-order valence-corrected chi connectivity index (χ3v) is 17.4. The molecule has 0 amide bonds. The SMILES string of the molecule is c1ccc(N(c2ccc3c(c2)C(c2ccccc2)(c2ccccc2)c2cc(N(c4ccccc4)c4cc5ccc6cccc7c6c5c(c4)n7-c4ccccc4)ccc2-3)c2cc3ccc4cccc5c4c3c(c2)n5-c2ccccc2)cc1. The highest BCUT2D eigenvalue weighted by Crippen LogP contribution is 2.59. The fourth-order valence-corrected chi connectivity index (χ4v) is 14.1. The zero-order chi connectivity index (χ0) is 53.2. The van der Waals surface area contributed by atoms with E-state index in [0.717, 1.165) is 45.5 Å². The predicted molar refractivity (Wildman–Crippen MR) is 339 cm³/mol. The number of aromatic nitrogens is 2. The summed E-state index contributed by atoms with van der Waals surface area (Å²) in [6.45, 7) is 0. The minimum atomic E-state index is -0.715. The number of hydrogen-bond acceptors (Lipinski definition) is 2. The van der Waals surface area contributed by atoms with Crippen LogP contribution in [0.4, 0.5) is 34.1 Å². The van der Waals surface area contributed by atoms with E-state index in [1.807, 2.05) is 0 Å². The van der Waals surface area contributed by atoms with Gasteiger partial charge in [0.25, 0.3) is 0 Å². The molecule has 0 spiro atoms. The van der Waals surface area contributed by atoms with Crippen molar-refractivity contribution in [1.29, 1.82) is 0 Å². The lowest BCUT2D eigenvalue weighted by Crippen LogP contribution is -2.29.